The second-order valence-corrected chi connectivity index (χ2v) is 7.95. The van der Waals surface area contributed by atoms with E-state index in [1.54, 1.807) is 0 Å². The molecule has 0 aromatic rings. The van der Waals surface area contributed by atoms with E-state index in [0.29, 0.717) is 10.1 Å². The molecule has 2 rings (SSSR count). The number of esters is 2. The molecule has 14 nitrogen and oxygen atoms in total. The van der Waals surface area contributed by atoms with Gasteiger partial charge in [-0.25, -0.2) is 9.59 Å². The molecule has 2 saturated heterocycles. The molecule has 4 amide bonds. The molecule has 0 saturated carbocycles. The van der Waals surface area contributed by atoms with Crippen LogP contribution >= 0.6 is 0 Å². The Labute approximate surface area is 199 Å². The Bertz CT molecular complexity index is 810. The van der Waals surface area contributed by atoms with Crippen molar-refractivity contribution in [1.82, 2.24) is 10.1 Å². The molecule has 2 aliphatic rings. The van der Waals surface area contributed by atoms with Crippen molar-refractivity contribution in [1.29, 1.82) is 0 Å². The summed E-state index contributed by atoms with van der Waals surface area (Å²) in [5.41, 5.74) is 0. The van der Waals surface area contributed by atoms with Gasteiger partial charge in [0.05, 0.1) is 12.8 Å². The quantitative estimate of drug-likeness (QED) is 0.260. The molecule has 14 heteroatoms. The van der Waals surface area contributed by atoms with E-state index < -0.39 is 59.7 Å². The highest BCUT2D eigenvalue weighted by Crippen LogP contribution is 2.15. The lowest BCUT2D eigenvalue weighted by Crippen LogP contribution is -2.33. The van der Waals surface area contributed by atoms with Crippen LogP contribution in [0.5, 0.6) is 0 Å². The van der Waals surface area contributed by atoms with Gasteiger partial charge in [0.1, 0.15) is 12.2 Å². The van der Waals surface area contributed by atoms with E-state index in [1.807, 2.05) is 0 Å². The molecule has 2 heterocycles. The largest absolute Gasteiger partial charge is 0.462 e. The predicted molar refractivity (Wildman–Crippen MR) is 109 cm³/mol. The van der Waals surface area contributed by atoms with Gasteiger partial charge >= 0.3 is 23.9 Å². The molecule has 2 aliphatic heterocycles. The van der Waals surface area contributed by atoms with Gasteiger partial charge in [0.15, 0.2) is 0 Å². The Balaban J connectivity index is 1.59. The maximum absolute atomic E-state index is 11.9. The summed E-state index contributed by atoms with van der Waals surface area (Å²) in [6, 6.07) is 0. The second-order valence-electron chi connectivity index (χ2n) is 7.95. The minimum absolute atomic E-state index is 0.0391. The van der Waals surface area contributed by atoms with E-state index in [2.05, 4.69) is 9.68 Å². The Hall–Kier alpha value is -3.84. The molecule has 0 bridgehead atoms. The molecule has 0 aliphatic carbocycles. The molecule has 2 atom stereocenters. The summed E-state index contributed by atoms with van der Waals surface area (Å²) in [6.07, 6.45) is -2.96. The minimum atomic E-state index is -0.913. The average Bonchev–Trinajstić information content (AvgIpc) is 3.23. The fourth-order valence-corrected chi connectivity index (χ4v) is 3.09. The Morgan fingerprint density at radius 2 is 0.943 bits per heavy atom. The molecule has 0 aromatic carbocycles. The first kappa shape index (κ1) is 27.4. The fraction of sp³-hybridized carbons (Fsp3) is 0.619. The molecule has 0 aromatic heterocycles. The molecule has 35 heavy (non-hydrogen) atoms. The summed E-state index contributed by atoms with van der Waals surface area (Å²) in [5, 5.41) is 0.795. The van der Waals surface area contributed by atoms with Gasteiger partial charge in [0, 0.05) is 38.5 Å². The fourth-order valence-electron chi connectivity index (χ4n) is 3.09. The number of hydrogen-bond donors (Lipinski definition) is 0. The number of carbonyl (C=O) groups is 8. The van der Waals surface area contributed by atoms with Crippen molar-refractivity contribution in [3.8, 4) is 0 Å². The van der Waals surface area contributed by atoms with Crippen LogP contribution in [-0.2, 0) is 57.5 Å². The van der Waals surface area contributed by atoms with Gasteiger partial charge in [-0.1, -0.05) is 0 Å². The lowest BCUT2D eigenvalue weighted by atomic mass is 10.2. The van der Waals surface area contributed by atoms with Crippen molar-refractivity contribution >= 4 is 47.5 Å². The van der Waals surface area contributed by atoms with Crippen molar-refractivity contribution in [2.75, 3.05) is 0 Å². The zero-order chi connectivity index (χ0) is 26.1. The van der Waals surface area contributed by atoms with Crippen molar-refractivity contribution in [3.63, 3.8) is 0 Å². The van der Waals surface area contributed by atoms with Crippen molar-refractivity contribution < 1.29 is 57.5 Å². The van der Waals surface area contributed by atoms with Gasteiger partial charge < -0.3 is 19.1 Å². The summed E-state index contributed by atoms with van der Waals surface area (Å²) in [7, 11) is 0. The summed E-state index contributed by atoms with van der Waals surface area (Å²) in [4.78, 5) is 102. The summed E-state index contributed by atoms with van der Waals surface area (Å²) < 4.78 is 10.1. The highest BCUT2D eigenvalue weighted by molar-refractivity contribution is 6.02. The van der Waals surface area contributed by atoms with Gasteiger partial charge in [-0.3, -0.25) is 28.8 Å². The van der Waals surface area contributed by atoms with Crippen LogP contribution in [0.3, 0.4) is 0 Å². The third-order valence-electron chi connectivity index (χ3n) is 4.73. The first-order valence-corrected chi connectivity index (χ1v) is 11.0. The highest BCUT2D eigenvalue weighted by atomic mass is 16.7. The predicted octanol–water partition coefficient (Wildman–Crippen LogP) is 0.0147. The van der Waals surface area contributed by atoms with E-state index in [4.69, 9.17) is 9.47 Å². The summed E-state index contributed by atoms with van der Waals surface area (Å²) in [5.74, 6) is -5.70. The van der Waals surface area contributed by atoms with Crippen LogP contribution in [0.2, 0.25) is 0 Å². The smallest absolute Gasteiger partial charge is 0.336 e. The first-order valence-electron chi connectivity index (χ1n) is 11.0. The van der Waals surface area contributed by atoms with E-state index in [9.17, 15) is 38.4 Å². The van der Waals surface area contributed by atoms with Crippen molar-refractivity contribution in [2.45, 2.75) is 83.8 Å². The lowest BCUT2D eigenvalue weighted by Gasteiger charge is -2.16. The standard InChI is InChI=1S/C21H26N2O12/c1-12(10-20(30)34-22-14(24)6-7-15(22)25)32-18(28)4-3-5-19(29)33-13(2)11-21(31)35-23-16(26)8-9-17(23)27/h12-13H,3-11H2,1-2H3. The van der Waals surface area contributed by atoms with Crippen molar-refractivity contribution in [3.05, 3.63) is 0 Å². The number of ether oxygens (including phenoxy) is 2. The Morgan fingerprint density at radius 3 is 1.26 bits per heavy atom. The molecule has 2 fully saturated rings. The number of rotatable bonds is 12. The normalized spacial score (nSPS) is 17.3. The molecule has 0 radical (unpaired) electrons. The van der Waals surface area contributed by atoms with Crippen LogP contribution in [0.25, 0.3) is 0 Å². The van der Waals surface area contributed by atoms with Crippen molar-refractivity contribution in [2.24, 2.45) is 0 Å². The molecule has 2 unspecified atom stereocenters. The van der Waals surface area contributed by atoms with E-state index in [0.717, 1.165) is 0 Å². The molecular formula is C21H26N2O12. The number of carbonyl (C=O) groups excluding carboxylic acids is 8. The lowest BCUT2D eigenvalue weighted by molar-refractivity contribution is -0.199. The number of imide groups is 2. The zero-order valence-corrected chi connectivity index (χ0v) is 19.3. The van der Waals surface area contributed by atoms with Gasteiger partial charge in [0.2, 0.25) is 0 Å². The Morgan fingerprint density at radius 1 is 0.629 bits per heavy atom. The average molecular weight is 498 g/mol. The van der Waals surface area contributed by atoms with Crippen LogP contribution in [0.15, 0.2) is 0 Å². The van der Waals surface area contributed by atoms with Gasteiger partial charge in [-0.15, -0.1) is 10.1 Å². The third kappa shape index (κ3) is 8.79. The minimum Gasteiger partial charge on any atom is -0.462 e. The highest BCUT2D eigenvalue weighted by Gasteiger charge is 2.34. The maximum atomic E-state index is 11.9. The molecule has 0 spiro atoms. The van der Waals surface area contributed by atoms with Crippen LogP contribution in [0, 0.1) is 0 Å². The monoisotopic (exact) mass is 498 g/mol. The van der Waals surface area contributed by atoms with E-state index >= 15 is 0 Å². The topological polar surface area (TPSA) is 180 Å². The van der Waals surface area contributed by atoms with Crippen LogP contribution in [-0.4, -0.2) is 69.8 Å². The molecule has 0 N–H and O–H groups in total. The Kier molecular flexibility index (Phi) is 9.85. The zero-order valence-electron chi connectivity index (χ0n) is 19.3. The SMILES string of the molecule is CC(CC(=O)ON1C(=O)CCC1=O)OC(=O)CCCC(=O)OC(C)CC(=O)ON1C(=O)CCC1=O. The number of hydroxylamine groups is 4. The summed E-state index contributed by atoms with van der Waals surface area (Å²) in [6.45, 7) is 2.84. The first-order chi connectivity index (χ1) is 16.5. The molecular weight excluding hydrogens is 472 g/mol. The van der Waals surface area contributed by atoms with Gasteiger partial charge in [-0.2, -0.15) is 0 Å². The summed E-state index contributed by atoms with van der Waals surface area (Å²) >= 11 is 0. The number of hydrogen-bond acceptors (Lipinski definition) is 12. The van der Waals surface area contributed by atoms with E-state index in [1.165, 1.54) is 13.8 Å². The van der Waals surface area contributed by atoms with Crippen LogP contribution in [0.1, 0.15) is 71.6 Å². The van der Waals surface area contributed by atoms with Gasteiger partial charge in [-0.05, 0) is 20.3 Å². The van der Waals surface area contributed by atoms with Gasteiger partial charge in [0.25, 0.3) is 23.6 Å². The second kappa shape index (κ2) is 12.6. The molecule has 192 valence electrons. The maximum Gasteiger partial charge on any atom is 0.336 e. The van der Waals surface area contributed by atoms with E-state index in [-0.39, 0.29) is 57.8 Å². The third-order valence-corrected chi connectivity index (χ3v) is 4.73. The number of nitrogens with zero attached hydrogens (tertiary/aromatic N) is 2. The van der Waals surface area contributed by atoms with Crippen LogP contribution in [0.4, 0.5) is 0 Å². The van der Waals surface area contributed by atoms with Crippen LogP contribution < -0.4 is 0 Å². The number of amides is 4.